The fourth-order valence-electron chi connectivity index (χ4n) is 0.850. The van der Waals surface area contributed by atoms with Crippen LogP contribution in [0.2, 0.25) is 6.04 Å². The fraction of sp³-hybridized carbons (Fsp3) is 0.875. The van der Waals surface area contributed by atoms with E-state index in [1.54, 1.807) is 0 Å². The Morgan fingerprint density at radius 3 is 2.42 bits per heavy atom. The number of rotatable bonds is 6. The van der Waals surface area contributed by atoms with Gasteiger partial charge in [0.25, 0.3) is 0 Å². The molecule has 72 valence electrons. The smallest absolute Gasteiger partial charge is 0.231 e. The summed E-state index contributed by atoms with van der Waals surface area (Å²) in [6.45, 7) is 2.24. The number of nitrogens with one attached hydrogen (secondary N) is 1. The predicted molar refractivity (Wildman–Crippen MR) is 52.9 cm³/mol. The van der Waals surface area contributed by atoms with Gasteiger partial charge in [0.2, 0.25) is 6.08 Å². The van der Waals surface area contributed by atoms with Gasteiger partial charge in [-0.05, 0) is 6.04 Å². The summed E-state index contributed by atoms with van der Waals surface area (Å²) in [6.07, 6.45) is 6.30. The van der Waals surface area contributed by atoms with Crippen molar-refractivity contribution in [1.29, 1.82) is 5.41 Å². The summed E-state index contributed by atoms with van der Waals surface area (Å²) in [5.74, 6) is 0. The van der Waals surface area contributed by atoms with Crippen LogP contribution in [0.1, 0.15) is 32.6 Å². The summed E-state index contributed by atoms with van der Waals surface area (Å²) in [5.41, 5.74) is 0. The van der Waals surface area contributed by atoms with Gasteiger partial charge >= 0.3 is 0 Å². The maximum Gasteiger partial charge on any atom is 0.231 e. The highest BCUT2D eigenvalue weighted by Crippen LogP contribution is 2.01. The maximum absolute atomic E-state index is 8.35. The van der Waals surface area contributed by atoms with Gasteiger partial charge in [0.05, 0.1) is 0 Å². The van der Waals surface area contributed by atoms with Gasteiger partial charge < -0.3 is 4.43 Å². The summed E-state index contributed by atoms with van der Waals surface area (Å²) >= 11 is 0. The van der Waals surface area contributed by atoms with Crippen molar-refractivity contribution in [3.05, 3.63) is 0 Å². The lowest BCUT2D eigenvalue weighted by atomic mass is 10.2. The molecule has 0 aliphatic heterocycles. The van der Waals surface area contributed by atoms with E-state index in [0.29, 0.717) is 0 Å². The van der Waals surface area contributed by atoms with E-state index in [-0.39, 0.29) is 9.76 Å². The highest BCUT2D eigenvalue weighted by atomic mass is 28.2. The van der Waals surface area contributed by atoms with E-state index in [1.165, 1.54) is 31.7 Å². The van der Waals surface area contributed by atoms with Gasteiger partial charge in [-0.2, -0.15) is 0 Å². The zero-order chi connectivity index (χ0) is 9.66. The van der Waals surface area contributed by atoms with Crippen LogP contribution in [-0.4, -0.2) is 23.0 Å². The van der Waals surface area contributed by atoms with Gasteiger partial charge in [-0.25, -0.2) is 10.2 Å². The summed E-state index contributed by atoms with van der Waals surface area (Å²) in [4.78, 5) is 8.35. The highest BCUT2D eigenvalue weighted by Gasteiger charge is 1.87. The van der Waals surface area contributed by atoms with Crippen LogP contribution in [0.3, 0.4) is 0 Å². The number of carbonyl (C=O) groups excluding carboxylic acids is 1. The lowest BCUT2D eigenvalue weighted by Crippen LogP contribution is -1.91. The number of hydrogen-bond acceptors (Lipinski definition) is 3. The molecule has 0 rings (SSSR count). The molecular formula is C8H19NO2Si. The highest BCUT2D eigenvalue weighted by molar-refractivity contribution is 6.26. The number of hydrogen-bond donors (Lipinski definition) is 1. The van der Waals surface area contributed by atoms with Gasteiger partial charge in [-0.1, -0.05) is 32.6 Å². The second-order valence-corrected chi connectivity index (χ2v) is 4.20. The first kappa shape index (κ1) is 14.1. The maximum atomic E-state index is 8.35. The van der Waals surface area contributed by atoms with Crippen LogP contribution < -0.4 is 0 Å². The SMILES string of the molecule is CCCCCC[SiH2]OC.N=C=O. The molecule has 0 aromatic heterocycles. The van der Waals surface area contributed by atoms with Crippen LogP contribution in [-0.2, 0) is 9.22 Å². The molecule has 0 aromatic carbocycles. The summed E-state index contributed by atoms with van der Waals surface area (Å²) in [7, 11) is 1.72. The van der Waals surface area contributed by atoms with Gasteiger partial charge in [0, 0.05) is 7.11 Å². The van der Waals surface area contributed by atoms with E-state index in [1.807, 2.05) is 7.11 Å². The van der Waals surface area contributed by atoms with Crippen LogP contribution in [0, 0.1) is 5.41 Å². The average molecular weight is 189 g/mol. The third-order valence-corrected chi connectivity index (χ3v) is 2.65. The van der Waals surface area contributed by atoms with Crippen LogP contribution in [0.5, 0.6) is 0 Å². The van der Waals surface area contributed by atoms with Gasteiger partial charge in [0.1, 0.15) is 0 Å². The van der Waals surface area contributed by atoms with E-state index in [9.17, 15) is 0 Å². The van der Waals surface area contributed by atoms with Crippen molar-refractivity contribution in [2.75, 3.05) is 7.11 Å². The topological polar surface area (TPSA) is 50.1 Å². The van der Waals surface area contributed by atoms with E-state index in [2.05, 4.69) is 6.92 Å². The largest absolute Gasteiger partial charge is 0.427 e. The molecule has 0 saturated heterocycles. The fourth-order valence-corrected chi connectivity index (χ4v) is 1.70. The summed E-state index contributed by atoms with van der Waals surface area (Å²) in [5, 5.41) is 5.40. The van der Waals surface area contributed by atoms with E-state index in [0.717, 1.165) is 6.08 Å². The third kappa shape index (κ3) is 22.7. The second kappa shape index (κ2) is 16.9. The van der Waals surface area contributed by atoms with Crippen LogP contribution in [0.15, 0.2) is 0 Å². The Bertz CT molecular complexity index is 97.2. The zero-order valence-electron chi connectivity index (χ0n) is 8.06. The van der Waals surface area contributed by atoms with Crippen LogP contribution in [0.4, 0.5) is 0 Å². The molecule has 0 aliphatic rings. The Balaban J connectivity index is 0. The minimum atomic E-state index is -0.106. The van der Waals surface area contributed by atoms with Gasteiger partial charge in [-0.15, -0.1) is 0 Å². The Labute approximate surface area is 77.0 Å². The van der Waals surface area contributed by atoms with E-state index in [4.69, 9.17) is 14.6 Å². The molecule has 0 aliphatic carbocycles. The van der Waals surface area contributed by atoms with Crippen LogP contribution >= 0.6 is 0 Å². The molecule has 0 heterocycles. The molecule has 0 bridgehead atoms. The van der Waals surface area contributed by atoms with Crippen molar-refractivity contribution in [3.63, 3.8) is 0 Å². The number of isocyanates is 1. The molecule has 0 spiro atoms. The zero-order valence-corrected chi connectivity index (χ0v) is 9.47. The van der Waals surface area contributed by atoms with Crippen molar-refractivity contribution < 1.29 is 9.22 Å². The first-order chi connectivity index (χ1) is 5.83. The van der Waals surface area contributed by atoms with Gasteiger partial charge in [-0.3, -0.25) is 0 Å². The Kier molecular flexibility index (Phi) is 19.8. The molecule has 1 N–H and O–H groups in total. The normalized spacial score (nSPS) is 9.17. The Morgan fingerprint density at radius 1 is 1.42 bits per heavy atom. The Morgan fingerprint density at radius 2 is 2.00 bits per heavy atom. The van der Waals surface area contributed by atoms with Crippen molar-refractivity contribution in [3.8, 4) is 0 Å². The van der Waals surface area contributed by atoms with Crippen LogP contribution in [0.25, 0.3) is 0 Å². The monoisotopic (exact) mass is 189 g/mol. The molecule has 3 nitrogen and oxygen atoms in total. The molecule has 0 amide bonds. The van der Waals surface area contributed by atoms with Crippen molar-refractivity contribution >= 4 is 15.8 Å². The average Bonchev–Trinajstić information content (AvgIpc) is 2.06. The number of unbranched alkanes of at least 4 members (excludes halogenated alkanes) is 3. The van der Waals surface area contributed by atoms with E-state index < -0.39 is 0 Å². The molecule has 12 heavy (non-hydrogen) atoms. The molecule has 0 aromatic rings. The van der Waals surface area contributed by atoms with Crippen molar-refractivity contribution in [2.24, 2.45) is 0 Å². The molecule has 0 atom stereocenters. The minimum Gasteiger partial charge on any atom is -0.427 e. The first-order valence-electron chi connectivity index (χ1n) is 4.36. The van der Waals surface area contributed by atoms with Crippen molar-refractivity contribution in [2.45, 2.75) is 38.7 Å². The van der Waals surface area contributed by atoms with Gasteiger partial charge in [0.15, 0.2) is 9.76 Å². The predicted octanol–water partition coefficient (Wildman–Crippen LogP) is 1.62. The quantitative estimate of drug-likeness (QED) is 0.299. The molecule has 0 fully saturated rings. The standard InChI is InChI=1S/C7H18OSi.CHNO/c1-3-4-5-6-7-9-8-2;2-1-3/h3-7,9H2,1-2H3;2H. The molecule has 4 heteroatoms. The molecule has 0 saturated carbocycles. The first-order valence-corrected chi connectivity index (χ1v) is 5.94. The second-order valence-electron chi connectivity index (χ2n) is 2.51. The lowest BCUT2D eigenvalue weighted by Gasteiger charge is -1.96. The minimum absolute atomic E-state index is 0.106. The lowest BCUT2D eigenvalue weighted by molar-refractivity contribution is 0.438. The summed E-state index contributed by atoms with van der Waals surface area (Å²) in [6, 6.07) is 1.37. The molecule has 0 radical (unpaired) electrons. The Hall–Kier alpha value is -0.443. The third-order valence-electron chi connectivity index (χ3n) is 1.45. The molecular weight excluding hydrogens is 170 g/mol. The van der Waals surface area contributed by atoms with E-state index >= 15 is 0 Å². The molecule has 0 unspecified atom stereocenters. The van der Waals surface area contributed by atoms with Crippen molar-refractivity contribution in [1.82, 2.24) is 0 Å². The summed E-state index contributed by atoms with van der Waals surface area (Å²) < 4.78 is 5.06.